The molecule has 0 spiro atoms. The second-order valence-corrected chi connectivity index (χ2v) is 7.69. The summed E-state index contributed by atoms with van der Waals surface area (Å²) < 4.78 is 7.25. The van der Waals surface area contributed by atoms with E-state index in [0.717, 1.165) is 18.9 Å². The maximum atomic E-state index is 11.6. The molecule has 3 nitrogen and oxygen atoms in total. The first-order valence-corrected chi connectivity index (χ1v) is 9.98. The quantitative estimate of drug-likeness (QED) is 0.554. The van der Waals surface area contributed by atoms with Crippen LogP contribution in [0.2, 0.25) is 0 Å². The van der Waals surface area contributed by atoms with E-state index in [0.29, 0.717) is 5.56 Å². The Morgan fingerprint density at radius 1 is 1.04 bits per heavy atom. The molecule has 2 aromatic carbocycles. The van der Waals surface area contributed by atoms with Crippen LogP contribution in [-0.4, -0.2) is 17.6 Å². The summed E-state index contributed by atoms with van der Waals surface area (Å²) in [4.78, 5) is 11.6. The van der Waals surface area contributed by atoms with Crippen LogP contribution in [0.25, 0.3) is 10.9 Å². The number of methoxy groups -OCH3 is 1. The van der Waals surface area contributed by atoms with E-state index in [1.165, 1.54) is 61.2 Å². The van der Waals surface area contributed by atoms with E-state index in [2.05, 4.69) is 35.0 Å². The molecule has 1 heterocycles. The lowest BCUT2D eigenvalue weighted by atomic mass is 9.89. The van der Waals surface area contributed by atoms with Crippen LogP contribution in [-0.2, 0) is 17.7 Å². The van der Waals surface area contributed by atoms with Crippen LogP contribution in [0.1, 0.15) is 53.6 Å². The number of aromatic nitrogens is 1. The Kier molecular flexibility index (Phi) is 5.28. The minimum atomic E-state index is -0.286. The Labute approximate surface area is 161 Å². The molecular weight excluding hydrogens is 334 g/mol. The van der Waals surface area contributed by atoms with Crippen molar-refractivity contribution in [2.45, 2.75) is 45.1 Å². The summed E-state index contributed by atoms with van der Waals surface area (Å²) in [6.07, 6.45) is 10.1. The number of benzene rings is 2. The van der Waals surface area contributed by atoms with Gasteiger partial charge in [0.2, 0.25) is 0 Å². The third-order valence-electron chi connectivity index (χ3n) is 5.82. The monoisotopic (exact) mass is 361 g/mol. The van der Waals surface area contributed by atoms with E-state index in [1.807, 2.05) is 24.3 Å². The highest BCUT2D eigenvalue weighted by molar-refractivity contribution is 5.89. The highest BCUT2D eigenvalue weighted by Crippen LogP contribution is 2.29. The van der Waals surface area contributed by atoms with Gasteiger partial charge in [0.25, 0.3) is 0 Å². The average molecular weight is 361 g/mol. The Balaban J connectivity index is 1.59. The topological polar surface area (TPSA) is 31.2 Å². The van der Waals surface area contributed by atoms with Crippen molar-refractivity contribution in [1.29, 1.82) is 0 Å². The maximum Gasteiger partial charge on any atom is 0.337 e. The fourth-order valence-corrected chi connectivity index (χ4v) is 4.36. The zero-order chi connectivity index (χ0) is 18.6. The molecule has 0 unspecified atom stereocenters. The maximum absolute atomic E-state index is 11.6. The lowest BCUT2D eigenvalue weighted by Crippen LogP contribution is -2.13. The van der Waals surface area contributed by atoms with Crippen molar-refractivity contribution < 1.29 is 9.53 Å². The standard InChI is InChI=1S/C24H27NO2/c1-27-24(26)20-13-11-18(12-14-20)15-21-17-25(16-19-7-3-2-4-8-19)23-10-6-5-9-22(21)23/h5-6,9-14,17,19H,2-4,7-8,15-16H2,1H3. The van der Waals surface area contributed by atoms with Gasteiger partial charge in [-0.25, -0.2) is 4.79 Å². The van der Waals surface area contributed by atoms with Crippen LogP contribution in [0.5, 0.6) is 0 Å². The first kappa shape index (κ1) is 17.8. The van der Waals surface area contributed by atoms with Crippen molar-refractivity contribution in [2.75, 3.05) is 7.11 Å². The number of rotatable bonds is 5. The van der Waals surface area contributed by atoms with E-state index in [-0.39, 0.29) is 5.97 Å². The number of carbonyl (C=O) groups is 1. The van der Waals surface area contributed by atoms with E-state index >= 15 is 0 Å². The van der Waals surface area contributed by atoms with Gasteiger partial charge in [-0.05, 0) is 54.5 Å². The predicted molar refractivity (Wildman–Crippen MR) is 109 cm³/mol. The molecule has 3 heteroatoms. The summed E-state index contributed by atoms with van der Waals surface area (Å²) in [5.74, 6) is 0.521. The normalized spacial score (nSPS) is 15.1. The summed E-state index contributed by atoms with van der Waals surface area (Å²) >= 11 is 0. The molecule has 1 fully saturated rings. The molecule has 0 aliphatic heterocycles. The van der Waals surface area contributed by atoms with Gasteiger partial charge in [0.15, 0.2) is 0 Å². The van der Waals surface area contributed by atoms with Crippen molar-refractivity contribution in [2.24, 2.45) is 5.92 Å². The summed E-state index contributed by atoms with van der Waals surface area (Å²) in [5, 5.41) is 1.34. The zero-order valence-electron chi connectivity index (χ0n) is 16.0. The van der Waals surface area contributed by atoms with Crippen molar-refractivity contribution in [3.63, 3.8) is 0 Å². The van der Waals surface area contributed by atoms with Gasteiger partial charge < -0.3 is 9.30 Å². The van der Waals surface area contributed by atoms with Crippen LogP contribution in [0.4, 0.5) is 0 Å². The molecule has 140 valence electrons. The van der Waals surface area contributed by atoms with Crippen LogP contribution >= 0.6 is 0 Å². The van der Waals surface area contributed by atoms with Gasteiger partial charge in [-0.2, -0.15) is 0 Å². The minimum absolute atomic E-state index is 0.286. The van der Waals surface area contributed by atoms with E-state index in [4.69, 9.17) is 4.74 Å². The average Bonchev–Trinajstić information content (AvgIpc) is 3.06. The van der Waals surface area contributed by atoms with Gasteiger partial charge in [0.05, 0.1) is 12.7 Å². The molecule has 1 aliphatic carbocycles. The number of hydrogen-bond donors (Lipinski definition) is 0. The smallest absolute Gasteiger partial charge is 0.337 e. The first-order valence-electron chi connectivity index (χ1n) is 9.98. The highest BCUT2D eigenvalue weighted by atomic mass is 16.5. The first-order chi connectivity index (χ1) is 13.2. The fraction of sp³-hybridized carbons (Fsp3) is 0.375. The predicted octanol–water partition coefficient (Wildman–Crippen LogP) is 5.60. The van der Waals surface area contributed by atoms with E-state index in [1.54, 1.807) is 0 Å². The van der Waals surface area contributed by atoms with Crippen molar-refractivity contribution in [3.05, 3.63) is 71.4 Å². The lowest BCUT2D eigenvalue weighted by Gasteiger charge is -2.22. The van der Waals surface area contributed by atoms with Crippen molar-refractivity contribution in [1.82, 2.24) is 4.57 Å². The van der Waals surface area contributed by atoms with Gasteiger partial charge in [0, 0.05) is 23.6 Å². The second kappa shape index (κ2) is 7.99. The molecule has 3 aromatic rings. The summed E-state index contributed by atoms with van der Waals surface area (Å²) in [6.45, 7) is 1.13. The number of para-hydroxylation sites is 1. The molecule has 0 N–H and O–H groups in total. The number of ether oxygens (including phenoxy) is 1. The summed E-state index contributed by atoms with van der Waals surface area (Å²) in [5.41, 5.74) is 4.50. The van der Waals surface area contributed by atoms with Crippen LogP contribution in [0, 0.1) is 5.92 Å². The molecule has 0 atom stereocenters. The van der Waals surface area contributed by atoms with Crippen LogP contribution in [0.3, 0.4) is 0 Å². The second-order valence-electron chi connectivity index (χ2n) is 7.69. The highest BCUT2D eigenvalue weighted by Gasteiger charge is 2.16. The van der Waals surface area contributed by atoms with Crippen LogP contribution < -0.4 is 0 Å². The van der Waals surface area contributed by atoms with Crippen molar-refractivity contribution >= 4 is 16.9 Å². The Morgan fingerprint density at radius 2 is 1.78 bits per heavy atom. The lowest BCUT2D eigenvalue weighted by molar-refractivity contribution is 0.0600. The largest absolute Gasteiger partial charge is 0.465 e. The van der Waals surface area contributed by atoms with Gasteiger partial charge in [0.1, 0.15) is 0 Å². The Morgan fingerprint density at radius 3 is 2.52 bits per heavy atom. The molecule has 0 saturated heterocycles. The molecule has 1 aromatic heterocycles. The van der Waals surface area contributed by atoms with E-state index < -0.39 is 0 Å². The summed E-state index contributed by atoms with van der Waals surface area (Å²) in [7, 11) is 1.41. The molecule has 0 amide bonds. The SMILES string of the molecule is COC(=O)c1ccc(Cc2cn(CC3CCCCC3)c3ccccc23)cc1. The number of fused-ring (bicyclic) bond motifs is 1. The molecule has 27 heavy (non-hydrogen) atoms. The van der Waals surface area contributed by atoms with Gasteiger partial charge in [-0.15, -0.1) is 0 Å². The zero-order valence-corrected chi connectivity index (χ0v) is 16.0. The molecular formula is C24H27NO2. The van der Waals surface area contributed by atoms with Crippen molar-refractivity contribution in [3.8, 4) is 0 Å². The molecule has 1 aliphatic rings. The Hall–Kier alpha value is -2.55. The molecule has 1 saturated carbocycles. The third kappa shape index (κ3) is 3.92. The molecule has 0 radical (unpaired) electrons. The number of carbonyl (C=O) groups excluding carboxylic acids is 1. The fourth-order valence-electron chi connectivity index (χ4n) is 4.36. The van der Waals surface area contributed by atoms with Crippen LogP contribution in [0.15, 0.2) is 54.7 Å². The van der Waals surface area contributed by atoms with Gasteiger partial charge in [-0.3, -0.25) is 0 Å². The Bertz CT molecular complexity index is 917. The third-order valence-corrected chi connectivity index (χ3v) is 5.82. The number of hydrogen-bond acceptors (Lipinski definition) is 2. The molecule has 4 rings (SSSR count). The van der Waals surface area contributed by atoms with E-state index in [9.17, 15) is 4.79 Å². The number of esters is 1. The molecule has 0 bridgehead atoms. The van der Waals surface area contributed by atoms with Gasteiger partial charge in [-0.1, -0.05) is 49.6 Å². The van der Waals surface area contributed by atoms with Gasteiger partial charge >= 0.3 is 5.97 Å². The minimum Gasteiger partial charge on any atom is -0.465 e. The number of nitrogens with zero attached hydrogens (tertiary/aromatic N) is 1. The summed E-state index contributed by atoms with van der Waals surface area (Å²) in [6, 6.07) is 16.5.